The van der Waals surface area contributed by atoms with Crippen LogP contribution in [0.25, 0.3) is 0 Å². The van der Waals surface area contributed by atoms with Crippen LogP contribution in [0.15, 0.2) is 48.5 Å². The van der Waals surface area contributed by atoms with E-state index in [0.29, 0.717) is 11.3 Å². The third-order valence-corrected chi connectivity index (χ3v) is 7.14. The number of nitrogens with one attached hydrogen (secondary N) is 1. The lowest BCUT2D eigenvalue weighted by atomic mass is 10.0. The second-order valence-corrected chi connectivity index (χ2v) is 9.73. The van der Waals surface area contributed by atoms with Crippen molar-refractivity contribution in [1.29, 1.82) is 0 Å². The van der Waals surface area contributed by atoms with Gasteiger partial charge in [-0.2, -0.15) is 4.37 Å². The highest BCUT2D eigenvalue weighted by Crippen LogP contribution is 2.34. The summed E-state index contributed by atoms with van der Waals surface area (Å²) >= 11 is 0.800. The molecular weight excluding hydrogens is 462 g/mol. The zero-order chi connectivity index (χ0) is 25.1. The second-order valence-electron chi connectivity index (χ2n) is 8.95. The Balaban J connectivity index is 1.84. The smallest absolute Gasteiger partial charge is 0.273 e. The quantitative estimate of drug-likeness (QED) is 0.461. The highest BCUT2D eigenvalue weighted by Gasteiger charge is 2.37. The Hall–Kier alpha value is -3.72. The minimum absolute atomic E-state index is 0.0603. The molecule has 2 aromatic carbocycles. The Kier molecular flexibility index (Phi) is 7.16. The van der Waals surface area contributed by atoms with Gasteiger partial charge in [0.25, 0.3) is 11.8 Å². The van der Waals surface area contributed by atoms with Crippen molar-refractivity contribution >= 4 is 40.6 Å². The van der Waals surface area contributed by atoms with E-state index in [4.69, 9.17) is 11.5 Å². The Morgan fingerprint density at radius 2 is 1.57 bits per heavy atom. The molecule has 1 saturated carbocycles. The number of hydrogen-bond donors (Lipinski definition) is 3. The van der Waals surface area contributed by atoms with Crippen LogP contribution in [0.4, 0.5) is 11.4 Å². The van der Waals surface area contributed by atoms with Gasteiger partial charge in [0.1, 0.15) is 10.9 Å². The summed E-state index contributed by atoms with van der Waals surface area (Å²) in [5.74, 6) is -1.61. The summed E-state index contributed by atoms with van der Waals surface area (Å²) in [7, 11) is 0. The van der Waals surface area contributed by atoms with Gasteiger partial charge < -0.3 is 16.8 Å². The molecule has 0 saturated heterocycles. The lowest BCUT2D eigenvalue weighted by Crippen LogP contribution is -2.46. The highest BCUT2D eigenvalue weighted by molar-refractivity contribution is 7.09. The molecule has 5 N–H and O–H groups in total. The van der Waals surface area contributed by atoms with Crippen molar-refractivity contribution in [2.75, 3.05) is 10.6 Å². The normalized spacial score (nSPS) is 14.5. The van der Waals surface area contributed by atoms with Crippen LogP contribution in [0.3, 0.4) is 0 Å². The van der Waals surface area contributed by atoms with Crippen LogP contribution < -0.4 is 21.7 Å². The Bertz CT molecular complexity index is 1230. The molecule has 35 heavy (non-hydrogen) atoms. The fraction of sp³-hybridized carbons (Fsp3) is 0.308. The van der Waals surface area contributed by atoms with Crippen molar-refractivity contribution in [1.82, 2.24) is 9.69 Å². The predicted molar refractivity (Wildman–Crippen MR) is 137 cm³/mol. The van der Waals surface area contributed by atoms with Gasteiger partial charge in [-0.05, 0) is 55.9 Å². The van der Waals surface area contributed by atoms with Crippen molar-refractivity contribution in [2.24, 2.45) is 5.73 Å². The van der Waals surface area contributed by atoms with E-state index in [-0.39, 0.29) is 28.2 Å². The highest BCUT2D eigenvalue weighted by atomic mass is 32.1. The first kappa shape index (κ1) is 24.4. The molecule has 0 radical (unpaired) electrons. The number of rotatable bonds is 7. The van der Waals surface area contributed by atoms with E-state index in [1.807, 2.05) is 50.2 Å². The van der Waals surface area contributed by atoms with E-state index in [9.17, 15) is 14.4 Å². The first-order valence-electron chi connectivity index (χ1n) is 11.6. The zero-order valence-corrected chi connectivity index (χ0v) is 20.6. The summed E-state index contributed by atoms with van der Waals surface area (Å²) in [6.45, 7) is 3.91. The molecule has 0 aliphatic heterocycles. The standard InChI is InChI=1S/C26H29N5O3S/c1-15-7-11-17(12-8-15)22(25(33)29-18-5-3-4-6-18)31(19-13-9-16(2)10-14-19)26(34)23-20(27)21(24(28)32)30-35-23/h7-14,18,22H,3-6,27H2,1-2H3,(H2,28,32)(H,29,33). The number of nitrogen functional groups attached to an aromatic ring is 1. The molecule has 1 aliphatic rings. The van der Waals surface area contributed by atoms with Crippen molar-refractivity contribution < 1.29 is 14.4 Å². The number of amides is 3. The molecule has 3 amide bonds. The minimum atomic E-state index is -0.954. The average molecular weight is 492 g/mol. The minimum Gasteiger partial charge on any atom is -0.395 e. The van der Waals surface area contributed by atoms with Crippen LogP contribution in [-0.2, 0) is 4.79 Å². The molecule has 1 heterocycles. The third-order valence-electron chi connectivity index (χ3n) is 6.29. The third kappa shape index (κ3) is 5.19. The van der Waals surface area contributed by atoms with Gasteiger partial charge in [-0.3, -0.25) is 19.3 Å². The fourth-order valence-electron chi connectivity index (χ4n) is 4.34. The van der Waals surface area contributed by atoms with Gasteiger partial charge in [0.05, 0.1) is 5.69 Å². The second kappa shape index (κ2) is 10.3. The summed E-state index contributed by atoms with van der Waals surface area (Å²) in [6, 6.07) is 14.0. The number of carbonyl (C=O) groups is 3. The van der Waals surface area contributed by atoms with Gasteiger partial charge in [0.15, 0.2) is 5.69 Å². The average Bonchev–Trinajstić information content (AvgIpc) is 3.48. The fourth-order valence-corrected chi connectivity index (χ4v) is 5.09. The molecule has 1 unspecified atom stereocenters. The summed E-state index contributed by atoms with van der Waals surface area (Å²) in [4.78, 5) is 41.0. The van der Waals surface area contributed by atoms with E-state index in [2.05, 4.69) is 9.69 Å². The van der Waals surface area contributed by atoms with E-state index in [1.54, 1.807) is 12.1 Å². The van der Waals surface area contributed by atoms with Crippen LogP contribution in [-0.4, -0.2) is 28.1 Å². The number of primary amides is 1. The van der Waals surface area contributed by atoms with Gasteiger partial charge in [-0.1, -0.05) is 60.4 Å². The van der Waals surface area contributed by atoms with Crippen LogP contribution in [0.1, 0.15) is 68.6 Å². The zero-order valence-electron chi connectivity index (χ0n) is 19.8. The van der Waals surface area contributed by atoms with E-state index in [1.165, 1.54) is 4.90 Å². The maximum Gasteiger partial charge on any atom is 0.273 e. The van der Waals surface area contributed by atoms with Crippen molar-refractivity contribution in [2.45, 2.75) is 51.6 Å². The number of anilines is 2. The van der Waals surface area contributed by atoms with Crippen molar-refractivity contribution in [3.8, 4) is 0 Å². The summed E-state index contributed by atoms with van der Waals surface area (Å²) in [6.07, 6.45) is 3.95. The molecule has 0 bridgehead atoms. The molecule has 3 aromatic rings. The first-order valence-corrected chi connectivity index (χ1v) is 12.4. The molecule has 0 spiro atoms. The number of aromatic nitrogens is 1. The molecule has 4 rings (SSSR count). The van der Waals surface area contributed by atoms with Gasteiger partial charge in [-0.25, -0.2) is 0 Å². The molecule has 9 heteroatoms. The van der Waals surface area contributed by atoms with E-state index >= 15 is 0 Å². The molecule has 1 atom stereocenters. The lowest BCUT2D eigenvalue weighted by Gasteiger charge is -2.32. The Morgan fingerprint density at radius 3 is 2.11 bits per heavy atom. The molecular formula is C26H29N5O3S. The number of benzene rings is 2. The number of nitrogens with zero attached hydrogens (tertiary/aromatic N) is 2. The predicted octanol–water partition coefficient (Wildman–Crippen LogP) is 3.89. The van der Waals surface area contributed by atoms with Crippen molar-refractivity contribution in [3.63, 3.8) is 0 Å². The van der Waals surface area contributed by atoms with Crippen LogP contribution in [0, 0.1) is 13.8 Å². The van der Waals surface area contributed by atoms with Gasteiger partial charge in [0.2, 0.25) is 5.91 Å². The summed E-state index contributed by atoms with van der Waals surface area (Å²) in [5, 5.41) is 3.15. The lowest BCUT2D eigenvalue weighted by molar-refractivity contribution is -0.123. The van der Waals surface area contributed by atoms with Crippen LogP contribution in [0.5, 0.6) is 0 Å². The first-order chi connectivity index (χ1) is 16.8. The van der Waals surface area contributed by atoms with E-state index in [0.717, 1.165) is 48.3 Å². The molecule has 8 nitrogen and oxygen atoms in total. The molecule has 1 aliphatic carbocycles. The Labute approximate surface area is 208 Å². The van der Waals surface area contributed by atoms with Crippen LogP contribution >= 0.6 is 11.5 Å². The summed E-state index contributed by atoms with van der Waals surface area (Å²) < 4.78 is 3.99. The largest absolute Gasteiger partial charge is 0.395 e. The van der Waals surface area contributed by atoms with Crippen LogP contribution in [0.2, 0.25) is 0 Å². The number of nitrogens with two attached hydrogens (primary N) is 2. The number of aryl methyl sites for hydroxylation is 2. The van der Waals surface area contributed by atoms with Crippen molar-refractivity contribution in [3.05, 3.63) is 75.8 Å². The molecule has 1 aromatic heterocycles. The maximum absolute atomic E-state index is 14.0. The molecule has 182 valence electrons. The summed E-state index contributed by atoms with van der Waals surface area (Å²) in [5.41, 5.74) is 14.5. The Morgan fingerprint density at radius 1 is 1.00 bits per heavy atom. The van der Waals surface area contributed by atoms with E-state index < -0.39 is 17.9 Å². The maximum atomic E-state index is 14.0. The van der Waals surface area contributed by atoms with Gasteiger partial charge >= 0.3 is 0 Å². The monoisotopic (exact) mass is 491 g/mol. The SMILES string of the molecule is Cc1ccc(C(C(=O)NC2CCCC2)N(C(=O)c2snc(C(N)=O)c2N)c2ccc(C)cc2)cc1. The number of carbonyl (C=O) groups excluding carboxylic acids is 3. The van der Waals surface area contributed by atoms with Gasteiger partial charge in [0, 0.05) is 11.7 Å². The van der Waals surface area contributed by atoms with Gasteiger partial charge in [-0.15, -0.1) is 0 Å². The topological polar surface area (TPSA) is 131 Å². The number of hydrogen-bond acceptors (Lipinski definition) is 6. The molecule has 1 fully saturated rings.